The van der Waals surface area contributed by atoms with Gasteiger partial charge in [0.05, 0.1) is 5.69 Å². The minimum absolute atomic E-state index is 0.0944. The Morgan fingerprint density at radius 2 is 1.78 bits per heavy atom. The first-order valence-electron chi connectivity index (χ1n) is 10.1. The standard InChI is InChI=1S/C24H26FN3O4/c1-15-11-19(25)18(13-20(15)26-22(29)32-24(3,4)5)21-12-16(2)28(27-21)23(30)31-14-17-9-7-6-8-10-17/h6-13H,14H2,1-5H3,(H,26,29). The fourth-order valence-electron chi connectivity index (χ4n) is 2.99. The molecule has 3 rings (SSSR count). The Kier molecular flexibility index (Phi) is 6.62. The Hall–Kier alpha value is -3.68. The second-order valence-electron chi connectivity index (χ2n) is 8.40. The first-order valence-corrected chi connectivity index (χ1v) is 10.1. The summed E-state index contributed by atoms with van der Waals surface area (Å²) in [6.45, 7) is 8.69. The van der Waals surface area contributed by atoms with Crippen molar-refractivity contribution in [2.24, 2.45) is 0 Å². The zero-order valence-corrected chi connectivity index (χ0v) is 18.7. The van der Waals surface area contributed by atoms with Gasteiger partial charge in [0, 0.05) is 16.9 Å². The molecular formula is C24H26FN3O4. The van der Waals surface area contributed by atoms with E-state index >= 15 is 0 Å². The quantitative estimate of drug-likeness (QED) is 0.552. The molecule has 0 saturated heterocycles. The van der Waals surface area contributed by atoms with Crippen molar-refractivity contribution in [2.75, 3.05) is 5.32 Å². The number of amides is 1. The molecule has 32 heavy (non-hydrogen) atoms. The number of rotatable bonds is 4. The van der Waals surface area contributed by atoms with Gasteiger partial charge in [-0.3, -0.25) is 5.32 Å². The van der Waals surface area contributed by atoms with Gasteiger partial charge in [-0.15, -0.1) is 0 Å². The van der Waals surface area contributed by atoms with Gasteiger partial charge in [-0.1, -0.05) is 30.3 Å². The number of hydrogen-bond acceptors (Lipinski definition) is 5. The van der Waals surface area contributed by atoms with Gasteiger partial charge in [-0.2, -0.15) is 9.78 Å². The molecule has 1 heterocycles. The predicted octanol–water partition coefficient (Wildman–Crippen LogP) is 5.84. The van der Waals surface area contributed by atoms with Gasteiger partial charge in [0.1, 0.15) is 18.0 Å². The van der Waals surface area contributed by atoms with E-state index in [-0.39, 0.29) is 17.9 Å². The lowest BCUT2D eigenvalue weighted by molar-refractivity contribution is 0.0635. The number of nitrogens with zero attached hydrogens (tertiary/aromatic N) is 2. The lowest BCUT2D eigenvalue weighted by Gasteiger charge is -2.20. The number of hydrogen-bond donors (Lipinski definition) is 1. The SMILES string of the molecule is Cc1cc(F)c(-c2cc(C)n(C(=O)OCc3ccccc3)n2)cc1NC(=O)OC(C)(C)C. The molecule has 0 aliphatic carbocycles. The zero-order valence-electron chi connectivity index (χ0n) is 18.7. The normalized spacial score (nSPS) is 11.2. The van der Waals surface area contributed by atoms with Crippen molar-refractivity contribution >= 4 is 17.9 Å². The Morgan fingerprint density at radius 1 is 1.09 bits per heavy atom. The van der Waals surface area contributed by atoms with Crippen LogP contribution in [0.3, 0.4) is 0 Å². The number of anilines is 1. The minimum Gasteiger partial charge on any atom is -0.444 e. The Labute approximate surface area is 186 Å². The molecule has 2 aromatic carbocycles. The number of ether oxygens (including phenoxy) is 2. The highest BCUT2D eigenvalue weighted by Crippen LogP contribution is 2.29. The molecule has 8 heteroatoms. The summed E-state index contributed by atoms with van der Waals surface area (Å²) in [4.78, 5) is 24.6. The summed E-state index contributed by atoms with van der Waals surface area (Å²) in [6.07, 6.45) is -1.32. The molecule has 0 radical (unpaired) electrons. The van der Waals surface area contributed by atoms with Crippen molar-refractivity contribution in [3.63, 3.8) is 0 Å². The zero-order chi connectivity index (χ0) is 23.5. The van der Waals surface area contributed by atoms with Gasteiger partial charge in [-0.05, 0) is 63.9 Å². The molecule has 168 valence electrons. The molecule has 3 aromatic rings. The predicted molar refractivity (Wildman–Crippen MR) is 119 cm³/mol. The first kappa shape index (κ1) is 23.0. The highest BCUT2D eigenvalue weighted by atomic mass is 19.1. The molecule has 0 bridgehead atoms. The van der Waals surface area contributed by atoms with Gasteiger partial charge in [-0.25, -0.2) is 14.0 Å². The van der Waals surface area contributed by atoms with Crippen LogP contribution in [0.5, 0.6) is 0 Å². The van der Waals surface area contributed by atoms with Gasteiger partial charge >= 0.3 is 12.2 Å². The lowest BCUT2D eigenvalue weighted by atomic mass is 10.1. The number of carbonyl (C=O) groups excluding carboxylic acids is 2. The maximum absolute atomic E-state index is 14.7. The summed E-state index contributed by atoms with van der Waals surface area (Å²) in [5.74, 6) is -0.528. The fourth-order valence-corrected chi connectivity index (χ4v) is 2.99. The number of carbonyl (C=O) groups is 2. The van der Waals surface area contributed by atoms with Crippen LogP contribution < -0.4 is 5.32 Å². The highest BCUT2D eigenvalue weighted by molar-refractivity contribution is 5.87. The van der Waals surface area contributed by atoms with E-state index in [0.717, 1.165) is 10.2 Å². The number of aryl methyl sites for hydroxylation is 2. The monoisotopic (exact) mass is 439 g/mol. The van der Waals surface area contributed by atoms with Crippen molar-refractivity contribution in [1.29, 1.82) is 0 Å². The molecule has 0 saturated carbocycles. The molecule has 1 N–H and O–H groups in total. The summed E-state index contributed by atoms with van der Waals surface area (Å²) in [6, 6.07) is 13.6. The van der Waals surface area contributed by atoms with E-state index in [1.807, 2.05) is 30.3 Å². The average molecular weight is 439 g/mol. The van der Waals surface area contributed by atoms with Crippen molar-refractivity contribution < 1.29 is 23.5 Å². The molecule has 0 aliphatic rings. The highest BCUT2D eigenvalue weighted by Gasteiger charge is 2.20. The fraction of sp³-hybridized carbons (Fsp3) is 0.292. The Bertz CT molecular complexity index is 1130. The van der Waals surface area contributed by atoms with Crippen molar-refractivity contribution in [3.8, 4) is 11.3 Å². The smallest absolute Gasteiger partial charge is 0.435 e. The summed E-state index contributed by atoms with van der Waals surface area (Å²) in [7, 11) is 0. The third-order valence-electron chi connectivity index (χ3n) is 4.49. The Morgan fingerprint density at radius 3 is 2.44 bits per heavy atom. The third kappa shape index (κ3) is 5.72. The van der Waals surface area contributed by atoms with E-state index in [2.05, 4.69) is 10.4 Å². The van der Waals surface area contributed by atoms with Crippen LogP contribution in [-0.4, -0.2) is 27.6 Å². The van der Waals surface area contributed by atoms with Gasteiger partial charge in [0.15, 0.2) is 0 Å². The van der Waals surface area contributed by atoms with Gasteiger partial charge in [0.25, 0.3) is 0 Å². The maximum atomic E-state index is 14.7. The van der Waals surface area contributed by atoms with Gasteiger partial charge < -0.3 is 9.47 Å². The molecular weight excluding hydrogens is 413 g/mol. The molecule has 0 spiro atoms. The molecule has 0 fully saturated rings. The van der Waals surface area contributed by atoms with E-state index < -0.39 is 23.6 Å². The summed E-state index contributed by atoms with van der Waals surface area (Å²) >= 11 is 0. The molecule has 1 amide bonds. The van der Waals surface area contributed by atoms with E-state index in [0.29, 0.717) is 16.9 Å². The third-order valence-corrected chi connectivity index (χ3v) is 4.49. The van der Waals surface area contributed by atoms with E-state index in [9.17, 15) is 14.0 Å². The number of halogens is 1. The Balaban J connectivity index is 1.82. The van der Waals surface area contributed by atoms with Crippen LogP contribution in [0.1, 0.15) is 37.6 Å². The summed E-state index contributed by atoms with van der Waals surface area (Å²) in [5, 5.41) is 6.85. The lowest BCUT2D eigenvalue weighted by Crippen LogP contribution is -2.27. The van der Waals surface area contributed by atoms with Crippen LogP contribution in [-0.2, 0) is 16.1 Å². The second kappa shape index (κ2) is 9.21. The maximum Gasteiger partial charge on any atom is 0.435 e. The molecule has 1 aromatic heterocycles. The molecule has 0 aliphatic heterocycles. The summed E-state index contributed by atoms with van der Waals surface area (Å²) < 4.78 is 26.4. The van der Waals surface area contributed by atoms with Crippen LogP contribution in [0.25, 0.3) is 11.3 Å². The van der Waals surface area contributed by atoms with Crippen LogP contribution in [0.2, 0.25) is 0 Å². The van der Waals surface area contributed by atoms with Crippen LogP contribution in [0, 0.1) is 19.7 Å². The second-order valence-corrected chi connectivity index (χ2v) is 8.40. The number of benzene rings is 2. The molecule has 7 nitrogen and oxygen atoms in total. The van der Waals surface area contributed by atoms with Gasteiger partial charge in [0.2, 0.25) is 0 Å². The van der Waals surface area contributed by atoms with Crippen LogP contribution in [0.4, 0.5) is 19.7 Å². The van der Waals surface area contributed by atoms with E-state index in [1.165, 1.54) is 12.1 Å². The molecule has 0 atom stereocenters. The first-order chi connectivity index (χ1) is 15.0. The number of aromatic nitrogens is 2. The van der Waals surface area contributed by atoms with E-state index in [1.54, 1.807) is 40.7 Å². The summed E-state index contributed by atoms with van der Waals surface area (Å²) in [5.41, 5.74) is 1.94. The van der Waals surface area contributed by atoms with Crippen molar-refractivity contribution in [1.82, 2.24) is 9.78 Å². The van der Waals surface area contributed by atoms with Crippen molar-refractivity contribution in [3.05, 3.63) is 71.2 Å². The van der Waals surface area contributed by atoms with Crippen molar-refractivity contribution in [2.45, 2.75) is 46.8 Å². The van der Waals surface area contributed by atoms with Crippen LogP contribution in [0.15, 0.2) is 48.5 Å². The topological polar surface area (TPSA) is 82.5 Å². The van der Waals surface area contributed by atoms with Crippen LogP contribution >= 0.6 is 0 Å². The largest absolute Gasteiger partial charge is 0.444 e. The average Bonchev–Trinajstić information content (AvgIpc) is 3.09. The minimum atomic E-state index is -0.670. The van der Waals surface area contributed by atoms with E-state index in [4.69, 9.17) is 9.47 Å². The molecule has 0 unspecified atom stereocenters. The number of nitrogens with one attached hydrogen (secondary N) is 1.